The molecular formula is C12H11ClFNO4. The van der Waals surface area contributed by atoms with Gasteiger partial charge >= 0.3 is 12.1 Å². The lowest BCUT2D eigenvalue weighted by Crippen LogP contribution is -2.34. The molecule has 0 heterocycles. The molecule has 7 heteroatoms. The molecule has 0 saturated carbocycles. The number of ether oxygens (including phenoxy) is 1. The summed E-state index contributed by atoms with van der Waals surface area (Å²) in [6.07, 6.45) is 0.389. The first-order chi connectivity index (χ1) is 8.95. The first-order valence-electron chi connectivity index (χ1n) is 5.17. The van der Waals surface area contributed by atoms with E-state index in [1.54, 1.807) is 0 Å². The fourth-order valence-electron chi connectivity index (χ4n) is 1.27. The molecule has 1 rings (SSSR count). The van der Waals surface area contributed by atoms with E-state index in [0.717, 1.165) is 6.07 Å². The van der Waals surface area contributed by atoms with Gasteiger partial charge in [-0.3, -0.25) is 0 Å². The first kappa shape index (κ1) is 15.0. The summed E-state index contributed by atoms with van der Waals surface area (Å²) in [4.78, 5) is 22.3. The fourth-order valence-corrected chi connectivity index (χ4v) is 1.39. The molecular weight excluding hydrogens is 277 g/mol. The van der Waals surface area contributed by atoms with Gasteiger partial charge < -0.3 is 15.2 Å². The number of hydrogen-bond donors (Lipinski definition) is 2. The van der Waals surface area contributed by atoms with Crippen molar-refractivity contribution >= 4 is 23.7 Å². The van der Waals surface area contributed by atoms with Crippen molar-refractivity contribution in [1.29, 1.82) is 0 Å². The first-order valence-corrected chi connectivity index (χ1v) is 5.55. The smallest absolute Gasteiger partial charge is 0.408 e. The Morgan fingerprint density at radius 3 is 2.79 bits per heavy atom. The van der Waals surface area contributed by atoms with E-state index in [-0.39, 0.29) is 17.2 Å². The Morgan fingerprint density at radius 1 is 1.58 bits per heavy atom. The summed E-state index contributed by atoms with van der Waals surface area (Å²) in [6, 6.07) is 2.02. The summed E-state index contributed by atoms with van der Waals surface area (Å²) in [5.74, 6) is -2.12. The summed E-state index contributed by atoms with van der Waals surface area (Å²) in [5.41, 5.74) is 0.0463. The molecule has 1 amide bonds. The molecule has 102 valence electrons. The van der Waals surface area contributed by atoms with E-state index in [9.17, 15) is 14.0 Å². The lowest BCUT2D eigenvalue weighted by Gasteiger charge is -2.14. The standard InChI is InChI=1S/C12H11ClFNO4/c1-2-5-19-12(18)15-10(11(16)17)7-3-4-8(13)9(14)6-7/h2-4,6,10H,1,5H2,(H,15,18)(H,16,17). The van der Waals surface area contributed by atoms with Crippen LogP contribution in [-0.2, 0) is 9.53 Å². The van der Waals surface area contributed by atoms with E-state index in [1.165, 1.54) is 18.2 Å². The van der Waals surface area contributed by atoms with Gasteiger partial charge in [-0.2, -0.15) is 0 Å². The minimum Gasteiger partial charge on any atom is -0.479 e. The van der Waals surface area contributed by atoms with E-state index in [4.69, 9.17) is 16.7 Å². The van der Waals surface area contributed by atoms with Gasteiger partial charge in [0, 0.05) is 0 Å². The van der Waals surface area contributed by atoms with Crippen molar-refractivity contribution in [2.24, 2.45) is 0 Å². The lowest BCUT2D eigenvalue weighted by molar-refractivity contribution is -0.139. The summed E-state index contributed by atoms with van der Waals surface area (Å²) in [7, 11) is 0. The molecule has 0 fully saturated rings. The molecule has 1 atom stereocenters. The predicted molar refractivity (Wildman–Crippen MR) is 66.5 cm³/mol. The van der Waals surface area contributed by atoms with Crippen LogP contribution in [0.3, 0.4) is 0 Å². The maximum Gasteiger partial charge on any atom is 0.408 e. The Bertz CT molecular complexity index is 507. The van der Waals surface area contributed by atoms with Gasteiger partial charge in [0.05, 0.1) is 5.02 Å². The second-order valence-corrected chi connectivity index (χ2v) is 3.88. The second-order valence-electron chi connectivity index (χ2n) is 3.48. The van der Waals surface area contributed by atoms with Crippen molar-refractivity contribution in [1.82, 2.24) is 5.32 Å². The molecule has 1 aromatic rings. The Labute approximate surface area is 113 Å². The molecule has 0 aliphatic heterocycles. The number of halogens is 2. The van der Waals surface area contributed by atoms with Crippen molar-refractivity contribution in [2.75, 3.05) is 6.61 Å². The number of carbonyl (C=O) groups excluding carboxylic acids is 1. The molecule has 0 aliphatic carbocycles. The SMILES string of the molecule is C=CCOC(=O)NC(C(=O)O)c1ccc(Cl)c(F)c1. The Hall–Kier alpha value is -2.08. The maximum absolute atomic E-state index is 13.3. The van der Waals surface area contributed by atoms with Crippen molar-refractivity contribution in [3.05, 3.63) is 47.3 Å². The van der Waals surface area contributed by atoms with E-state index < -0.39 is 23.9 Å². The summed E-state index contributed by atoms with van der Waals surface area (Å²) in [5, 5.41) is 11.0. The fraction of sp³-hybridized carbons (Fsp3) is 0.167. The zero-order valence-electron chi connectivity index (χ0n) is 9.73. The molecule has 1 unspecified atom stereocenters. The molecule has 19 heavy (non-hydrogen) atoms. The number of hydrogen-bond acceptors (Lipinski definition) is 3. The van der Waals surface area contributed by atoms with Crippen LogP contribution >= 0.6 is 11.6 Å². The van der Waals surface area contributed by atoms with Crippen LogP contribution in [-0.4, -0.2) is 23.8 Å². The summed E-state index contributed by atoms with van der Waals surface area (Å²) in [6.45, 7) is 3.28. The largest absolute Gasteiger partial charge is 0.479 e. The number of rotatable bonds is 5. The van der Waals surface area contributed by atoms with E-state index >= 15 is 0 Å². The van der Waals surface area contributed by atoms with Crippen molar-refractivity contribution in [3.8, 4) is 0 Å². The van der Waals surface area contributed by atoms with Crippen LogP contribution in [0.5, 0.6) is 0 Å². The number of aliphatic carboxylic acids is 1. The van der Waals surface area contributed by atoms with Crippen LogP contribution in [0.15, 0.2) is 30.9 Å². The monoisotopic (exact) mass is 287 g/mol. The quantitative estimate of drug-likeness (QED) is 0.816. The van der Waals surface area contributed by atoms with Gasteiger partial charge in [0.15, 0.2) is 6.04 Å². The zero-order chi connectivity index (χ0) is 14.4. The Balaban J connectivity index is 2.88. The number of amides is 1. The summed E-state index contributed by atoms with van der Waals surface area (Å²) >= 11 is 5.49. The molecule has 0 bridgehead atoms. The second kappa shape index (κ2) is 6.75. The highest BCUT2D eigenvalue weighted by atomic mass is 35.5. The molecule has 0 aromatic heterocycles. The van der Waals surface area contributed by atoms with E-state index in [1.807, 2.05) is 0 Å². The molecule has 0 aliphatic rings. The summed E-state index contributed by atoms with van der Waals surface area (Å²) < 4.78 is 17.9. The minimum absolute atomic E-state index is 0.0463. The number of carboxylic acid groups (broad SMARTS) is 1. The van der Waals surface area contributed by atoms with Gasteiger partial charge in [-0.05, 0) is 17.7 Å². The van der Waals surface area contributed by atoms with Crippen LogP contribution in [0.2, 0.25) is 5.02 Å². The van der Waals surface area contributed by atoms with Crippen molar-refractivity contribution < 1.29 is 23.8 Å². The van der Waals surface area contributed by atoms with Crippen LogP contribution < -0.4 is 5.32 Å². The third-order valence-corrected chi connectivity index (χ3v) is 2.42. The van der Waals surface area contributed by atoms with Gasteiger partial charge in [-0.15, -0.1) is 0 Å². The maximum atomic E-state index is 13.3. The Morgan fingerprint density at radius 2 is 2.26 bits per heavy atom. The number of nitrogens with one attached hydrogen (secondary N) is 1. The average Bonchev–Trinajstić information content (AvgIpc) is 2.36. The molecule has 0 spiro atoms. The molecule has 5 nitrogen and oxygen atoms in total. The van der Waals surface area contributed by atoms with Crippen molar-refractivity contribution in [3.63, 3.8) is 0 Å². The molecule has 2 N–H and O–H groups in total. The zero-order valence-corrected chi connectivity index (χ0v) is 10.5. The van der Waals surface area contributed by atoms with Crippen LogP contribution in [0, 0.1) is 5.82 Å². The van der Waals surface area contributed by atoms with Crippen LogP contribution in [0.25, 0.3) is 0 Å². The number of benzene rings is 1. The van der Waals surface area contributed by atoms with Gasteiger partial charge in [0.2, 0.25) is 0 Å². The van der Waals surface area contributed by atoms with Gasteiger partial charge in [0.25, 0.3) is 0 Å². The topological polar surface area (TPSA) is 75.6 Å². The normalized spacial score (nSPS) is 11.5. The number of carboxylic acids is 1. The van der Waals surface area contributed by atoms with Gasteiger partial charge in [-0.25, -0.2) is 14.0 Å². The van der Waals surface area contributed by atoms with Crippen LogP contribution in [0.1, 0.15) is 11.6 Å². The number of carbonyl (C=O) groups is 2. The van der Waals surface area contributed by atoms with E-state index in [2.05, 4.69) is 16.6 Å². The van der Waals surface area contributed by atoms with Gasteiger partial charge in [-0.1, -0.05) is 30.3 Å². The molecule has 1 aromatic carbocycles. The predicted octanol–water partition coefficient (Wildman–Crippen LogP) is 2.52. The number of alkyl carbamates (subject to hydrolysis) is 1. The van der Waals surface area contributed by atoms with E-state index in [0.29, 0.717) is 0 Å². The third kappa shape index (κ3) is 4.26. The van der Waals surface area contributed by atoms with Crippen molar-refractivity contribution in [2.45, 2.75) is 6.04 Å². The van der Waals surface area contributed by atoms with Gasteiger partial charge in [0.1, 0.15) is 12.4 Å². The highest BCUT2D eigenvalue weighted by Crippen LogP contribution is 2.20. The minimum atomic E-state index is -1.43. The molecule has 0 saturated heterocycles. The Kier molecular flexibility index (Phi) is 5.32. The third-order valence-electron chi connectivity index (χ3n) is 2.12. The highest BCUT2D eigenvalue weighted by molar-refractivity contribution is 6.30. The lowest BCUT2D eigenvalue weighted by atomic mass is 10.1. The highest BCUT2D eigenvalue weighted by Gasteiger charge is 2.23. The average molecular weight is 288 g/mol. The van der Waals surface area contributed by atoms with Crippen LogP contribution in [0.4, 0.5) is 9.18 Å². The molecule has 0 radical (unpaired) electrons.